The summed E-state index contributed by atoms with van der Waals surface area (Å²) in [6.07, 6.45) is 6.58. The molecular formula is C23H27N7O2. The number of anilines is 1. The Hall–Kier alpha value is -3.17. The molecule has 1 atom stereocenters. The lowest BCUT2D eigenvalue weighted by Gasteiger charge is -2.31. The molecule has 0 bridgehead atoms. The molecule has 32 heavy (non-hydrogen) atoms. The van der Waals surface area contributed by atoms with Crippen molar-refractivity contribution in [1.82, 2.24) is 24.5 Å². The molecule has 0 amide bonds. The normalized spacial score (nSPS) is 23.4. The topological polar surface area (TPSA) is 98.0 Å². The number of ether oxygens (including phenoxy) is 1. The minimum Gasteiger partial charge on any atom is -0.473 e. The third-order valence-electron chi connectivity index (χ3n) is 6.63. The van der Waals surface area contributed by atoms with Gasteiger partial charge in [0.15, 0.2) is 11.4 Å². The Morgan fingerprint density at radius 3 is 2.84 bits per heavy atom. The van der Waals surface area contributed by atoms with Gasteiger partial charge in [-0.25, -0.2) is 14.5 Å². The predicted octanol–water partition coefficient (Wildman–Crippen LogP) is 2.55. The summed E-state index contributed by atoms with van der Waals surface area (Å²) in [6.45, 7) is 1.94. The van der Waals surface area contributed by atoms with E-state index in [9.17, 15) is 0 Å². The third-order valence-corrected chi connectivity index (χ3v) is 6.63. The number of hydrogen-bond acceptors (Lipinski definition) is 8. The summed E-state index contributed by atoms with van der Waals surface area (Å²) in [5.41, 5.74) is 8.21. The molecule has 166 valence electrons. The first-order valence-corrected chi connectivity index (χ1v) is 11.1. The zero-order chi connectivity index (χ0) is 21.8. The van der Waals surface area contributed by atoms with Gasteiger partial charge in [-0.2, -0.15) is 0 Å². The molecule has 9 heteroatoms. The molecule has 9 nitrogen and oxygen atoms in total. The summed E-state index contributed by atoms with van der Waals surface area (Å²) in [5.74, 6) is 2.24. The highest BCUT2D eigenvalue weighted by atomic mass is 16.5. The monoisotopic (exact) mass is 433 g/mol. The zero-order valence-corrected chi connectivity index (χ0v) is 18.3. The van der Waals surface area contributed by atoms with Crippen LogP contribution < -0.4 is 15.4 Å². The van der Waals surface area contributed by atoms with Crippen molar-refractivity contribution in [2.24, 2.45) is 5.73 Å². The van der Waals surface area contributed by atoms with Crippen LogP contribution >= 0.6 is 0 Å². The SMILES string of the molecule is CN(C)[C@@H]1CCN(c2nccc3oc(-c4cnc5ccc(OC6CC(N)C6)nn45)cc23)C1. The Morgan fingerprint density at radius 2 is 2.06 bits per heavy atom. The molecule has 0 radical (unpaired) electrons. The van der Waals surface area contributed by atoms with E-state index >= 15 is 0 Å². The van der Waals surface area contributed by atoms with Crippen molar-refractivity contribution in [1.29, 1.82) is 0 Å². The number of fused-ring (bicyclic) bond motifs is 2. The maximum atomic E-state index is 6.23. The molecule has 5 heterocycles. The number of imidazole rings is 1. The van der Waals surface area contributed by atoms with Gasteiger partial charge in [0.2, 0.25) is 5.88 Å². The lowest BCUT2D eigenvalue weighted by Crippen LogP contribution is -2.43. The van der Waals surface area contributed by atoms with E-state index in [-0.39, 0.29) is 12.1 Å². The lowest BCUT2D eigenvalue weighted by molar-refractivity contribution is 0.0944. The number of likely N-dealkylation sites (N-methyl/N-ethyl adjacent to an activating group) is 1. The average Bonchev–Trinajstić information content (AvgIpc) is 3.49. The van der Waals surface area contributed by atoms with Crippen molar-refractivity contribution >= 4 is 22.4 Å². The summed E-state index contributed by atoms with van der Waals surface area (Å²) in [6, 6.07) is 8.48. The molecule has 4 aromatic heterocycles. The Kier molecular flexibility index (Phi) is 4.55. The van der Waals surface area contributed by atoms with Crippen LogP contribution in [0.5, 0.6) is 5.88 Å². The van der Waals surface area contributed by atoms with Crippen LogP contribution in [0.2, 0.25) is 0 Å². The molecule has 0 aromatic carbocycles. The minimum atomic E-state index is 0.133. The Labute approximate surface area is 185 Å². The molecular weight excluding hydrogens is 406 g/mol. The molecule has 1 saturated heterocycles. The number of furan rings is 1. The van der Waals surface area contributed by atoms with E-state index < -0.39 is 0 Å². The maximum absolute atomic E-state index is 6.23. The summed E-state index contributed by atoms with van der Waals surface area (Å²) in [7, 11) is 4.26. The first kappa shape index (κ1) is 19.5. The van der Waals surface area contributed by atoms with Gasteiger partial charge in [-0.3, -0.25) is 0 Å². The molecule has 2 aliphatic rings. The summed E-state index contributed by atoms with van der Waals surface area (Å²) in [4.78, 5) is 13.8. The van der Waals surface area contributed by atoms with Crippen molar-refractivity contribution in [3.8, 4) is 17.3 Å². The summed E-state index contributed by atoms with van der Waals surface area (Å²) < 4.78 is 14.0. The average molecular weight is 434 g/mol. The minimum absolute atomic E-state index is 0.133. The maximum Gasteiger partial charge on any atom is 0.232 e. The van der Waals surface area contributed by atoms with E-state index in [0.717, 1.165) is 60.5 Å². The second kappa shape index (κ2) is 7.46. The molecule has 0 spiro atoms. The fourth-order valence-corrected chi connectivity index (χ4v) is 4.64. The van der Waals surface area contributed by atoms with E-state index in [1.807, 2.05) is 30.5 Å². The van der Waals surface area contributed by atoms with Crippen LogP contribution in [0.15, 0.2) is 41.1 Å². The molecule has 2 N–H and O–H groups in total. The van der Waals surface area contributed by atoms with Crippen LogP contribution in [0.1, 0.15) is 19.3 Å². The van der Waals surface area contributed by atoms with Crippen molar-refractivity contribution < 1.29 is 9.15 Å². The lowest BCUT2D eigenvalue weighted by atomic mass is 9.90. The second-order valence-electron chi connectivity index (χ2n) is 9.07. The van der Waals surface area contributed by atoms with Gasteiger partial charge in [-0.1, -0.05) is 0 Å². The first-order chi connectivity index (χ1) is 15.5. The van der Waals surface area contributed by atoms with Gasteiger partial charge >= 0.3 is 0 Å². The van der Waals surface area contributed by atoms with Crippen LogP contribution in [0, 0.1) is 0 Å². The van der Waals surface area contributed by atoms with Crippen LogP contribution in [-0.4, -0.2) is 69.9 Å². The Morgan fingerprint density at radius 1 is 1.19 bits per heavy atom. The van der Waals surface area contributed by atoms with Gasteiger partial charge in [0.1, 0.15) is 23.2 Å². The van der Waals surface area contributed by atoms with Gasteiger partial charge in [0.05, 0.1) is 11.6 Å². The van der Waals surface area contributed by atoms with E-state index in [2.05, 4.69) is 39.0 Å². The molecule has 0 unspecified atom stereocenters. The number of pyridine rings is 1. The first-order valence-electron chi connectivity index (χ1n) is 11.1. The van der Waals surface area contributed by atoms with Gasteiger partial charge < -0.3 is 24.7 Å². The number of nitrogens with zero attached hydrogens (tertiary/aromatic N) is 6. The highest BCUT2D eigenvalue weighted by Gasteiger charge is 2.29. The fraction of sp³-hybridized carbons (Fsp3) is 0.435. The van der Waals surface area contributed by atoms with Crippen molar-refractivity contribution in [2.45, 2.75) is 37.5 Å². The zero-order valence-electron chi connectivity index (χ0n) is 18.3. The standard InChI is InChI=1S/C23H27N7O2/c1-28(2)15-6-8-29(13-15)23-17-11-20(32-19(17)5-7-25-23)18-12-26-21-3-4-22(27-30(18)21)31-16-9-14(24)10-16/h3-5,7,11-12,14-16H,6,8-10,13,24H2,1-2H3/t14?,15-,16?/m1/s1. The number of rotatable bonds is 5. The van der Waals surface area contributed by atoms with E-state index in [4.69, 9.17) is 14.9 Å². The Balaban J connectivity index is 1.34. The van der Waals surface area contributed by atoms with Crippen molar-refractivity contribution in [3.05, 3.63) is 36.7 Å². The summed E-state index contributed by atoms with van der Waals surface area (Å²) in [5, 5.41) is 5.66. The second-order valence-corrected chi connectivity index (χ2v) is 9.07. The van der Waals surface area contributed by atoms with Gasteiger partial charge in [-0.05, 0) is 51.6 Å². The van der Waals surface area contributed by atoms with Gasteiger partial charge in [0, 0.05) is 37.4 Å². The molecule has 6 rings (SSSR count). The molecule has 4 aromatic rings. The Bertz CT molecular complexity index is 1270. The predicted molar refractivity (Wildman–Crippen MR) is 122 cm³/mol. The van der Waals surface area contributed by atoms with E-state index in [1.165, 1.54) is 0 Å². The fourth-order valence-electron chi connectivity index (χ4n) is 4.64. The quantitative estimate of drug-likeness (QED) is 0.513. The summed E-state index contributed by atoms with van der Waals surface area (Å²) >= 11 is 0. The van der Waals surface area contributed by atoms with Gasteiger partial charge in [0.25, 0.3) is 0 Å². The number of hydrogen-bond donors (Lipinski definition) is 1. The van der Waals surface area contributed by atoms with Crippen LogP contribution in [0.4, 0.5) is 5.82 Å². The smallest absolute Gasteiger partial charge is 0.232 e. The number of nitrogens with two attached hydrogens (primary N) is 1. The van der Waals surface area contributed by atoms with Crippen LogP contribution in [-0.2, 0) is 0 Å². The number of aromatic nitrogens is 4. The van der Waals surface area contributed by atoms with Crippen molar-refractivity contribution in [2.75, 3.05) is 32.1 Å². The molecule has 1 aliphatic carbocycles. The van der Waals surface area contributed by atoms with E-state index in [1.54, 1.807) is 10.7 Å². The highest BCUT2D eigenvalue weighted by Crippen LogP contribution is 2.34. The van der Waals surface area contributed by atoms with Crippen LogP contribution in [0.3, 0.4) is 0 Å². The third kappa shape index (κ3) is 3.28. The molecule has 1 aliphatic heterocycles. The van der Waals surface area contributed by atoms with Gasteiger partial charge in [-0.15, -0.1) is 5.10 Å². The molecule has 1 saturated carbocycles. The molecule has 2 fully saturated rings. The highest BCUT2D eigenvalue weighted by molar-refractivity contribution is 5.92. The van der Waals surface area contributed by atoms with Crippen LogP contribution in [0.25, 0.3) is 28.1 Å². The van der Waals surface area contributed by atoms with E-state index in [0.29, 0.717) is 17.7 Å². The largest absolute Gasteiger partial charge is 0.473 e. The van der Waals surface area contributed by atoms with Crippen molar-refractivity contribution in [3.63, 3.8) is 0 Å².